The second-order valence-electron chi connectivity index (χ2n) is 11.6. The molecule has 0 aliphatic rings. The van der Waals surface area contributed by atoms with Crippen molar-refractivity contribution in [2.75, 3.05) is 0 Å². The van der Waals surface area contributed by atoms with Gasteiger partial charge in [0.25, 0.3) is 9.76 Å². The molecule has 3 nitrogen and oxygen atoms in total. The fourth-order valence-corrected chi connectivity index (χ4v) is 37.7. The van der Waals surface area contributed by atoms with Crippen molar-refractivity contribution >= 4 is 34.0 Å². The van der Waals surface area contributed by atoms with E-state index in [-0.39, 0.29) is 30.8 Å². The van der Waals surface area contributed by atoms with Crippen LogP contribution in [0.4, 0.5) is 0 Å². The zero-order chi connectivity index (χ0) is 26.9. The zero-order valence-corrected chi connectivity index (χ0v) is 31.8. The Kier molecular flexibility index (Phi) is 19.2. The Morgan fingerprint density at radius 2 is 1.03 bits per heavy atom. The van der Waals surface area contributed by atoms with Gasteiger partial charge in [0.2, 0.25) is 0 Å². The van der Waals surface area contributed by atoms with Crippen LogP contribution in [0.15, 0.2) is 12.3 Å². The molecule has 191 valence electrons. The van der Waals surface area contributed by atoms with Gasteiger partial charge in [-0.05, 0) is 10.8 Å². The van der Waals surface area contributed by atoms with Crippen molar-refractivity contribution in [1.82, 2.24) is 0 Å². The van der Waals surface area contributed by atoms with Crippen LogP contribution in [0.3, 0.4) is 0 Å². The van der Waals surface area contributed by atoms with Crippen LogP contribution in [0.1, 0.15) is 34.7 Å². The first-order valence-corrected chi connectivity index (χ1v) is 22.5. The van der Waals surface area contributed by atoms with Crippen molar-refractivity contribution in [3.8, 4) is 0 Å². The molecule has 0 unspecified atom stereocenters. The minimum atomic E-state index is -1.28. The van der Waals surface area contributed by atoms with E-state index in [4.69, 9.17) is 13.7 Å². The summed E-state index contributed by atoms with van der Waals surface area (Å²) >= 11 is 0. The standard InChI is InChI=1S/C13H33OSi4.C10H15.2CO.W.2H/c1-12(2)14-15-13(16(3,4)5,17(6,7)8)18(9,10)11;1-6-7(2)9(4)10(5)8(6)3;2*1-2;;;/h15H,1H2,2-11H3;1-5H3;;;;;/q;-1;;;;;. The summed E-state index contributed by atoms with van der Waals surface area (Å²) in [5.41, 5.74) is 7.34. The van der Waals surface area contributed by atoms with Crippen molar-refractivity contribution in [1.29, 1.82) is 0 Å². The van der Waals surface area contributed by atoms with E-state index in [2.05, 4.69) is 113 Å². The molecule has 33 heavy (non-hydrogen) atoms. The Bertz CT molecular complexity index is 652. The molecule has 0 bridgehead atoms. The molecule has 1 rings (SSSR count). The Morgan fingerprint density at radius 1 is 0.788 bits per heavy atom. The maximum absolute atomic E-state index is 7.50. The second kappa shape index (κ2) is 15.8. The molecule has 1 radical (unpaired) electrons. The molecular weight excluding hydrogens is 644 g/mol. The molecule has 8 heteroatoms. The van der Waals surface area contributed by atoms with Crippen LogP contribution in [0, 0.1) is 47.9 Å². The van der Waals surface area contributed by atoms with Crippen molar-refractivity contribution in [3.63, 3.8) is 0 Å². The van der Waals surface area contributed by atoms with Gasteiger partial charge in [-0.1, -0.05) is 100 Å². The summed E-state index contributed by atoms with van der Waals surface area (Å²) in [5.74, 6) is 0.907. The summed E-state index contributed by atoms with van der Waals surface area (Å²) in [6, 6.07) is 0. The van der Waals surface area contributed by atoms with E-state index in [0.717, 1.165) is 5.76 Å². The van der Waals surface area contributed by atoms with Gasteiger partial charge in [-0.15, -0.1) is 0 Å². The summed E-state index contributed by atoms with van der Waals surface area (Å²) in [7, 11) is -3.81. The third kappa shape index (κ3) is 10.2. The van der Waals surface area contributed by atoms with Crippen LogP contribution < -0.4 is 0 Å². The number of rotatable bonds is 6. The predicted molar refractivity (Wildman–Crippen MR) is 152 cm³/mol. The normalized spacial score (nSPS) is 11.2. The average molecular weight is 695 g/mol. The molecule has 0 aliphatic heterocycles. The third-order valence-electron chi connectivity index (χ3n) is 6.80. The molecule has 0 aliphatic carbocycles. The van der Waals surface area contributed by atoms with E-state index in [0.29, 0.717) is 3.91 Å². The van der Waals surface area contributed by atoms with Crippen molar-refractivity contribution < 1.29 is 34.8 Å². The molecule has 0 aromatic heterocycles. The van der Waals surface area contributed by atoms with Gasteiger partial charge >= 0.3 is 43.7 Å². The van der Waals surface area contributed by atoms with E-state index in [9.17, 15) is 0 Å². The van der Waals surface area contributed by atoms with Crippen LogP contribution >= 0.6 is 0 Å². The molecule has 0 amide bonds. The van der Waals surface area contributed by atoms with Gasteiger partial charge in [0.15, 0.2) is 0 Å². The van der Waals surface area contributed by atoms with E-state index in [1.54, 1.807) is 0 Å². The third-order valence-corrected chi connectivity index (χ3v) is 37.1. The molecule has 0 heterocycles. The molecule has 0 fully saturated rings. The fraction of sp³-hybridized carbons (Fsp3) is 0.640. The molecule has 0 spiro atoms. The van der Waals surface area contributed by atoms with Gasteiger partial charge in [-0.25, -0.2) is 0 Å². The van der Waals surface area contributed by atoms with Crippen molar-refractivity contribution in [3.05, 3.63) is 53.5 Å². The molecule has 0 N–H and O–H groups in total. The SMILES string of the molecule is C=C(C)O[SiH]C([Si](C)(C)C)([Si](C)(C)C)[Si](C)(C)C.Cc1c(C)c(C)[c-](C)c1C.[C-]#[O+].[C-]#[O+].[WH2]. The summed E-state index contributed by atoms with van der Waals surface area (Å²) in [6.07, 6.45) is 0. The van der Waals surface area contributed by atoms with E-state index in [1.807, 2.05) is 6.92 Å². The topological polar surface area (TPSA) is 49.0 Å². The molecule has 1 aromatic rings. The quantitative estimate of drug-likeness (QED) is 0.137. The summed E-state index contributed by atoms with van der Waals surface area (Å²) in [4.78, 5) is 0. The summed E-state index contributed by atoms with van der Waals surface area (Å²) in [6.45, 7) is 48.9. The Balaban J connectivity index is -0.000000237. The second-order valence-corrected chi connectivity index (χ2v) is 32.1. The Hall–Kier alpha value is -0.0742. The van der Waals surface area contributed by atoms with Crippen LogP contribution in [0.5, 0.6) is 0 Å². The van der Waals surface area contributed by atoms with Crippen molar-refractivity contribution in [2.24, 2.45) is 0 Å². The fourth-order valence-electron chi connectivity index (χ4n) is 5.50. The van der Waals surface area contributed by atoms with Gasteiger partial charge in [-0.2, -0.15) is 27.8 Å². The first-order chi connectivity index (χ1) is 14.2. The van der Waals surface area contributed by atoms with E-state index < -0.39 is 24.2 Å². The first-order valence-electron chi connectivity index (χ1n) is 11.0. The van der Waals surface area contributed by atoms with E-state index >= 15 is 0 Å². The molecule has 0 saturated carbocycles. The molecular formula is C25H50O3Si4W-. The average Bonchev–Trinajstić information content (AvgIpc) is 2.80. The molecule has 1 aromatic carbocycles. The number of hydrogen-bond acceptors (Lipinski definition) is 1. The number of hydrogen-bond donors (Lipinski definition) is 0. The Labute approximate surface area is 225 Å². The van der Waals surface area contributed by atoms with Crippen LogP contribution in [0.25, 0.3) is 0 Å². The summed E-state index contributed by atoms with van der Waals surface area (Å²) < 4.78 is 21.6. The first kappa shape index (κ1) is 40.1. The van der Waals surface area contributed by atoms with Gasteiger partial charge in [0.1, 0.15) is 0 Å². The van der Waals surface area contributed by atoms with Gasteiger partial charge in [-0.3, -0.25) is 0 Å². The summed E-state index contributed by atoms with van der Waals surface area (Å²) in [5, 5.41) is 0. The number of allylic oxidation sites excluding steroid dienone is 1. The van der Waals surface area contributed by atoms with Gasteiger partial charge in [0, 0.05) is 24.2 Å². The van der Waals surface area contributed by atoms with Gasteiger partial charge < -0.3 is 4.43 Å². The molecule has 0 atom stereocenters. The van der Waals surface area contributed by atoms with Crippen LogP contribution in [-0.2, 0) is 34.8 Å². The monoisotopic (exact) mass is 694 g/mol. The molecule has 0 saturated heterocycles. The van der Waals surface area contributed by atoms with Crippen LogP contribution in [-0.4, -0.2) is 34.0 Å². The van der Waals surface area contributed by atoms with Gasteiger partial charge in [0.05, 0.1) is 5.76 Å². The van der Waals surface area contributed by atoms with Crippen molar-refractivity contribution in [2.45, 2.75) is 104 Å². The minimum absolute atomic E-state index is 0. The zero-order valence-electron chi connectivity index (χ0n) is 24.0. The predicted octanol–water partition coefficient (Wildman–Crippen LogP) is 7.01. The Morgan fingerprint density at radius 3 is 1.15 bits per heavy atom. The van der Waals surface area contributed by atoms with E-state index in [1.165, 1.54) is 27.8 Å². The maximum atomic E-state index is 7.50. The van der Waals surface area contributed by atoms with Crippen LogP contribution in [0.2, 0.25) is 62.8 Å².